The molecule has 0 unspecified atom stereocenters. The summed E-state index contributed by atoms with van der Waals surface area (Å²) in [5, 5.41) is 0. The Kier molecular flexibility index (Phi) is 23.7. The molecule has 0 atom stereocenters. The van der Waals surface area contributed by atoms with E-state index in [2.05, 4.69) is 25.1 Å². The van der Waals surface area contributed by atoms with E-state index in [0.29, 0.717) is 5.96 Å². The van der Waals surface area contributed by atoms with Crippen LogP contribution in [0.25, 0.3) is 0 Å². The van der Waals surface area contributed by atoms with Crippen LogP contribution in [0.3, 0.4) is 0 Å². The molecule has 0 rings (SSSR count). The van der Waals surface area contributed by atoms with E-state index in [9.17, 15) is 0 Å². The van der Waals surface area contributed by atoms with Crippen LogP contribution in [-0.2, 0) is 0 Å². The Morgan fingerprint density at radius 2 is 1.77 bits per heavy atom. The molecule has 0 bridgehead atoms. The molecule has 0 aliphatic heterocycles. The highest BCUT2D eigenvalue weighted by Crippen LogP contribution is 1.83. The molecule has 0 radical (unpaired) electrons. The van der Waals surface area contributed by atoms with Crippen LogP contribution in [0.1, 0.15) is 27.2 Å². The van der Waals surface area contributed by atoms with Crippen molar-refractivity contribution in [1.82, 2.24) is 4.90 Å². The van der Waals surface area contributed by atoms with Gasteiger partial charge < -0.3 is 10.6 Å². The van der Waals surface area contributed by atoms with Gasteiger partial charge in [-0.1, -0.05) is 20.8 Å². The van der Waals surface area contributed by atoms with Crippen molar-refractivity contribution in [3.63, 3.8) is 0 Å². The minimum Gasteiger partial charge on any atom is -0.370 e. The maximum absolute atomic E-state index is 5.48. The van der Waals surface area contributed by atoms with E-state index in [0.717, 1.165) is 13.0 Å². The molecule has 13 heavy (non-hydrogen) atoms. The minimum atomic E-state index is 0.608. The van der Waals surface area contributed by atoms with Gasteiger partial charge in [-0.3, -0.25) is 4.99 Å². The molecule has 0 aliphatic carbocycles. The summed E-state index contributed by atoms with van der Waals surface area (Å²) in [5.41, 5.74) is 5.48. The largest absolute Gasteiger partial charge is 0.370 e. The van der Waals surface area contributed by atoms with Crippen LogP contribution in [0, 0.1) is 0 Å². The third kappa shape index (κ3) is 13.9. The van der Waals surface area contributed by atoms with E-state index in [1.807, 2.05) is 25.8 Å². The summed E-state index contributed by atoms with van der Waals surface area (Å²) in [6.45, 7) is 13.1. The lowest BCUT2D eigenvalue weighted by atomic mass is 10.4. The SMILES string of the molecule is C=C.CC.CCCN(C)C(N)=NC. The van der Waals surface area contributed by atoms with Gasteiger partial charge in [-0.05, 0) is 6.42 Å². The van der Waals surface area contributed by atoms with Gasteiger partial charge in [0.15, 0.2) is 5.96 Å². The zero-order valence-corrected chi connectivity index (χ0v) is 9.80. The third-order valence-electron chi connectivity index (χ3n) is 1.18. The van der Waals surface area contributed by atoms with Gasteiger partial charge in [0, 0.05) is 20.6 Å². The molecule has 2 N–H and O–H groups in total. The Bertz CT molecular complexity index is 111. The second-order valence-corrected chi connectivity index (χ2v) is 2.00. The topological polar surface area (TPSA) is 41.6 Å². The van der Waals surface area contributed by atoms with E-state index in [4.69, 9.17) is 5.73 Å². The Morgan fingerprint density at radius 1 is 1.38 bits per heavy atom. The molecular weight excluding hydrogens is 162 g/mol. The molecule has 0 aliphatic rings. The lowest BCUT2D eigenvalue weighted by Gasteiger charge is -2.15. The van der Waals surface area contributed by atoms with Gasteiger partial charge in [0.05, 0.1) is 0 Å². The van der Waals surface area contributed by atoms with E-state index in [1.54, 1.807) is 7.05 Å². The highest BCUT2D eigenvalue weighted by molar-refractivity contribution is 5.77. The predicted octanol–water partition coefficient (Wildman–Crippen LogP) is 2.10. The first-order valence-corrected chi connectivity index (χ1v) is 4.65. The van der Waals surface area contributed by atoms with E-state index in [-0.39, 0.29) is 0 Å². The molecule has 3 heteroatoms. The van der Waals surface area contributed by atoms with E-state index < -0.39 is 0 Å². The van der Waals surface area contributed by atoms with Crippen LogP contribution in [0.2, 0.25) is 0 Å². The van der Waals surface area contributed by atoms with Crippen LogP contribution < -0.4 is 5.73 Å². The lowest BCUT2D eigenvalue weighted by Crippen LogP contribution is -2.34. The summed E-state index contributed by atoms with van der Waals surface area (Å²) in [7, 11) is 3.63. The van der Waals surface area contributed by atoms with Crippen molar-refractivity contribution in [3.8, 4) is 0 Å². The molecule has 0 aromatic carbocycles. The second-order valence-electron chi connectivity index (χ2n) is 2.00. The zero-order valence-electron chi connectivity index (χ0n) is 9.80. The Morgan fingerprint density at radius 3 is 2.00 bits per heavy atom. The average Bonchev–Trinajstić information content (AvgIpc) is 2.23. The zero-order chi connectivity index (χ0) is 11.3. The number of hydrogen-bond donors (Lipinski definition) is 1. The van der Waals surface area contributed by atoms with Crippen molar-refractivity contribution in [3.05, 3.63) is 13.2 Å². The number of nitrogens with two attached hydrogens (primary N) is 1. The van der Waals surface area contributed by atoms with Crippen molar-refractivity contribution in [1.29, 1.82) is 0 Å². The van der Waals surface area contributed by atoms with Crippen LogP contribution in [0.5, 0.6) is 0 Å². The van der Waals surface area contributed by atoms with Gasteiger partial charge in [-0.2, -0.15) is 0 Å². The number of aliphatic imine (C=N–C) groups is 1. The lowest BCUT2D eigenvalue weighted by molar-refractivity contribution is 0.495. The molecule has 80 valence electrons. The fraction of sp³-hybridized carbons (Fsp3) is 0.700. The first-order chi connectivity index (χ1) is 6.22. The quantitative estimate of drug-likeness (QED) is 0.408. The second kappa shape index (κ2) is 17.2. The molecule has 0 amide bonds. The number of hydrogen-bond acceptors (Lipinski definition) is 1. The Hall–Kier alpha value is -0.990. The number of nitrogens with zero attached hydrogens (tertiary/aromatic N) is 2. The van der Waals surface area contributed by atoms with Crippen molar-refractivity contribution in [2.75, 3.05) is 20.6 Å². The summed E-state index contributed by atoms with van der Waals surface area (Å²) >= 11 is 0. The van der Waals surface area contributed by atoms with Crippen LogP contribution >= 0.6 is 0 Å². The fourth-order valence-corrected chi connectivity index (χ4v) is 0.621. The van der Waals surface area contributed by atoms with Gasteiger partial charge in [0.2, 0.25) is 0 Å². The molecule has 0 aromatic heterocycles. The summed E-state index contributed by atoms with van der Waals surface area (Å²) in [4.78, 5) is 5.76. The number of guanidine groups is 1. The van der Waals surface area contributed by atoms with Crippen molar-refractivity contribution < 1.29 is 0 Å². The first kappa shape index (κ1) is 17.9. The van der Waals surface area contributed by atoms with Crippen LogP contribution in [-0.4, -0.2) is 31.5 Å². The normalized spacial score (nSPS) is 8.85. The molecule has 0 saturated carbocycles. The smallest absolute Gasteiger partial charge is 0.190 e. The van der Waals surface area contributed by atoms with E-state index in [1.165, 1.54) is 0 Å². The van der Waals surface area contributed by atoms with Crippen LogP contribution in [0.4, 0.5) is 0 Å². The standard InChI is InChI=1S/C6H15N3.C2H6.C2H4/c1-4-5-9(3)6(7)8-2;2*1-2/h4-5H2,1-3H3,(H2,7,8);1-2H3;1-2H2. The molecule has 0 fully saturated rings. The van der Waals surface area contributed by atoms with Crippen molar-refractivity contribution in [2.45, 2.75) is 27.2 Å². The highest BCUT2D eigenvalue weighted by Gasteiger charge is 1.95. The monoisotopic (exact) mass is 187 g/mol. The van der Waals surface area contributed by atoms with Gasteiger partial charge in [0.25, 0.3) is 0 Å². The maximum Gasteiger partial charge on any atom is 0.190 e. The fourth-order valence-electron chi connectivity index (χ4n) is 0.621. The Balaban J connectivity index is -0.000000218. The molecule has 0 saturated heterocycles. The summed E-state index contributed by atoms with van der Waals surface area (Å²) in [6, 6.07) is 0. The minimum absolute atomic E-state index is 0.608. The first-order valence-electron chi connectivity index (χ1n) is 4.65. The summed E-state index contributed by atoms with van der Waals surface area (Å²) < 4.78 is 0. The van der Waals surface area contributed by atoms with Gasteiger partial charge in [0.1, 0.15) is 0 Å². The highest BCUT2D eigenvalue weighted by atomic mass is 15.2. The van der Waals surface area contributed by atoms with Gasteiger partial charge >= 0.3 is 0 Å². The molecule has 0 heterocycles. The summed E-state index contributed by atoms with van der Waals surface area (Å²) in [6.07, 6.45) is 1.10. The molecular formula is C10H25N3. The van der Waals surface area contributed by atoms with Crippen LogP contribution in [0.15, 0.2) is 18.2 Å². The van der Waals surface area contributed by atoms with Crippen molar-refractivity contribution in [2.24, 2.45) is 10.7 Å². The number of rotatable bonds is 2. The predicted molar refractivity (Wildman–Crippen MR) is 63.1 cm³/mol. The average molecular weight is 187 g/mol. The maximum atomic E-state index is 5.48. The van der Waals surface area contributed by atoms with Crippen molar-refractivity contribution >= 4 is 5.96 Å². The third-order valence-corrected chi connectivity index (χ3v) is 1.18. The molecule has 0 spiro atoms. The molecule has 0 aromatic rings. The van der Waals surface area contributed by atoms with Gasteiger partial charge in [-0.25, -0.2) is 0 Å². The summed E-state index contributed by atoms with van der Waals surface area (Å²) in [5.74, 6) is 0.608. The Labute approximate surface area is 83.3 Å². The van der Waals surface area contributed by atoms with E-state index >= 15 is 0 Å². The molecule has 3 nitrogen and oxygen atoms in total. The van der Waals surface area contributed by atoms with Gasteiger partial charge in [-0.15, -0.1) is 13.2 Å².